The second kappa shape index (κ2) is 3.97. The Hall–Kier alpha value is 0.0649. The summed E-state index contributed by atoms with van der Waals surface area (Å²) >= 11 is 0. The largest absolute Gasteiger partial charge is 0.0774 e. The third kappa shape index (κ3) is 2.93. The highest BCUT2D eigenvalue weighted by Crippen LogP contribution is 2.23. The van der Waals surface area contributed by atoms with E-state index in [4.69, 9.17) is 7.85 Å². The van der Waals surface area contributed by atoms with Gasteiger partial charge in [-0.05, 0) is 0 Å². The summed E-state index contributed by atoms with van der Waals surface area (Å²) in [6, 6.07) is 0. The first-order chi connectivity index (χ1) is 4.39. The minimum Gasteiger partial charge on any atom is -0.0774 e. The van der Waals surface area contributed by atoms with Crippen molar-refractivity contribution in [2.24, 2.45) is 0 Å². The molecule has 0 aromatic carbocycles. The Bertz CT molecular complexity index is 63.0. The minimum atomic E-state index is 0.519. The molecule has 0 N–H and O–H groups in total. The maximum atomic E-state index is 5.80. The van der Waals surface area contributed by atoms with Crippen LogP contribution in [0.4, 0.5) is 0 Å². The molecule has 0 heterocycles. The second-order valence-electron chi connectivity index (χ2n) is 3.11. The summed E-state index contributed by atoms with van der Waals surface area (Å²) in [4.78, 5) is 0. The fourth-order valence-corrected chi connectivity index (χ4v) is 1.49. The van der Waals surface area contributed by atoms with Crippen LogP contribution in [0, 0.1) is 0 Å². The Balaban J connectivity index is 2.12. The first-order valence-electron chi connectivity index (χ1n) is 4.15. The molecule has 1 saturated carbocycles. The van der Waals surface area contributed by atoms with Crippen LogP contribution < -0.4 is 0 Å². The summed E-state index contributed by atoms with van der Waals surface area (Å²) in [6.07, 6.45) is 9.51. The van der Waals surface area contributed by atoms with Gasteiger partial charge in [-0.25, -0.2) is 0 Å². The molecule has 50 valence electrons. The number of hydrogen-bond donors (Lipinski definition) is 0. The van der Waals surface area contributed by atoms with Gasteiger partial charge in [-0.2, -0.15) is 0 Å². The summed E-state index contributed by atoms with van der Waals surface area (Å²) in [5.41, 5.74) is 0. The molecular weight excluding hydrogens is 107 g/mol. The minimum absolute atomic E-state index is 0.519. The predicted octanol–water partition coefficient (Wildman–Crippen LogP) is 2.69. The van der Waals surface area contributed by atoms with Crippen molar-refractivity contribution in [2.75, 3.05) is 0 Å². The van der Waals surface area contributed by atoms with Gasteiger partial charge in [-0.15, -0.1) is 0 Å². The highest BCUT2D eigenvalue weighted by atomic mass is 14.1. The van der Waals surface area contributed by atoms with Gasteiger partial charge >= 0.3 is 0 Å². The van der Waals surface area contributed by atoms with E-state index >= 15 is 0 Å². The molecule has 0 aliphatic heterocycles. The Labute approximate surface area is 59.4 Å². The van der Waals surface area contributed by atoms with Gasteiger partial charge in [0.2, 0.25) is 0 Å². The van der Waals surface area contributed by atoms with E-state index in [-0.39, 0.29) is 0 Å². The van der Waals surface area contributed by atoms with Crippen molar-refractivity contribution in [2.45, 2.75) is 50.8 Å². The van der Waals surface area contributed by atoms with E-state index in [1.807, 2.05) is 0 Å². The lowest BCUT2D eigenvalue weighted by Crippen LogP contribution is -1.96. The van der Waals surface area contributed by atoms with Crippen molar-refractivity contribution in [3.63, 3.8) is 0 Å². The van der Waals surface area contributed by atoms with E-state index in [9.17, 15) is 0 Å². The van der Waals surface area contributed by atoms with E-state index in [0.29, 0.717) is 5.82 Å². The molecule has 0 unspecified atom stereocenters. The molecule has 0 atom stereocenters. The van der Waals surface area contributed by atoms with Gasteiger partial charge in [0.15, 0.2) is 0 Å². The van der Waals surface area contributed by atoms with E-state index in [1.54, 1.807) is 0 Å². The Morgan fingerprint density at radius 3 is 1.78 bits per heavy atom. The quantitative estimate of drug-likeness (QED) is 0.433. The normalized spacial score (nSPS) is 24.9. The Kier molecular flexibility index (Phi) is 3.17. The van der Waals surface area contributed by atoms with Gasteiger partial charge in [0.05, 0.1) is 7.85 Å². The molecule has 0 aromatic rings. The van der Waals surface area contributed by atoms with Crippen LogP contribution in [0.2, 0.25) is 5.82 Å². The average Bonchev–Trinajstić information content (AvgIpc) is 1.79. The molecule has 0 saturated heterocycles. The topological polar surface area (TPSA) is 0 Å². The maximum absolute atomic E-state index is 5.80. The van der Waals surface area contributed by atoms with E-state index in [2.05, 4.69) is 0 Å². The van der Waals surface area contributed by atoms with Gasteiger partial charge in [-0.1, -0.05) is 50.8 Å². The van der Waals surface area contributed by atoms with Gasteiger partial charge in [0, 0.05) is 0 Å². The fourth-order valence-electron chi connectivity index (χ4n) is 1.49. The van der Waals surface area contributed by atoms with Crippen LogP contribution in [-0.2, 0) is 0 Å². The van der Waals surface area contributed by atoms with Gasteiger partial charge in [0.25, 0.3) is 0 Å². The lowest BCUT2D eigenvalue weighted by Gasteiger charge is -2.14. The Morgan fingerprint density at radius 1 is 0.778 bits per heavy atom. The molecule has 9 heavy (non-hydrogen) atoms. The summed E-state index contributed by atoms with van der Waals surface area (Å²) in [6.45, 7) is 0. The molecular formula is C8H15B. The summed E-state index contributed by atoms with van der Waals surface area (Å²) in [5, 5.41) is 0. The maximum Gasteiger partial charge on any atom is 0.0699 e. The standard InChI is InChI=1S/C8H15B/c9-8-6-4-2-1-3-5-7-8/h8H,1-7H2. The molecule has 0 bridgehead atoms. The highest BCUT2D eigenvalue weighted by Gasteiger charge is 2.04. The summed E-state index contributed by atoms with van der Waals surface area (Å²) in [7, 11) is 5.80. The van der Waals surface area contributed by atoms with Crippen LogP contribution >= 0.6 is 0 Å². The lowest BCUT2D eigenvalue weighted by molar-refractivity contribution is 0.504. The second-order valence-corrected chi connectivity index (χ2v) is 3.11. The van der Waals surface area contributed by atoms with Gasteiger partial charge in [-0.3, -0.25) is 0 Å². The SMILES string of the molecule is [B]C1CCCCCCC1. The zero-order valence-electron chi connectivity index (χ0n) is 6.10. The molecule has 2 radical (unpaired) electrons. The van der Waals surface area contributed by atoms with Gasteiger partial charge in [0.1, 0.15) is 0 Å². The fraction of sp³-hybridized carbons (Fsp3) is 1.00. The van der Waals surface area contributed by atoms with Crippen molar-refractivity contribution in [3.05, 3.63) is 0 Å². The van der Waals surface area contributed by atoms with E-state index in [0.717, 1.165) is 0 Å². The van der Waals surface area contributed by atoms with E-state index < -0.39 is 0 Å². The molecule has 1 heteroatoms. The smallest absolute Gasteiger partial charge is 0.0699 e. The first kappa shape index (κ1) is 7.18. The van der Waals surface area contributed by atoms with Crippen LogP contribution in [-0.4, -0.2) is 7.85 Å². The zero-order chi connectivity index (χ0) is 6.53. The van der Waals surface area contributed by atoms with Crippen LogP contribution in [0.25, 0.3) is 0 Å². The van der Waals surface area contributed by atoms with Crippen LogP contribution in [0.15, 0.2) is 0 Å². The molecule has 1 rings (SSSR count). The van der Waals surface area contributed by atoms with Crippen LogP contribution in [0.5, 0.6) is 0 Å². The van der Waals surface area contributed by atoms with Crippen LogP contribution in [0.3, 0.4) is 0 Å². The molecule has 0 spiro atoms. The lowest BCUT2D eigenvalue weighted by atomic mass is 9.77. The first-order valence-corrected chi connectivity index (χ1v) is 4.15. The monoisotopic (exact) mass is 122 g/mol. The molecule has 1 aliphatic rings. The van der Waals surface area contributed by atoms with Crippen molar-refractivity contribution in [3.8, 4) is 0 Å². The molecule has 0 aromatic heterocycles. The number of hydrogen-bond acceptors (Lipinski definition) is 0. The van der Waals surface area contributed by atoms with E-state index in [1.165, 1.54) is 44.9 Å². The summed E-state index contributed by atoms with van der Waals surface area (Å²) < 4.78 is 0. The molecule has 1 aliphatic carbocycles. The Morgan fingerprint density at radius 2 is 1.22 bits per heavy atom. The van der Waals surface area contributed by atoms with Crippen molar-refractivity contribution in [1.82, 2.24) is 0 Å². The summed E-state index contributed by atoms with van der Waals surface area (Å²) in [5.74, 6) is 0.519. The predicted molar refractivity (Wildman–Crippen MR) is 41.8 cm³/mol. The third-order valence-corrected chi connectivity index (χ3v) is 2.15. The van der Waals surface area contributed by atoms with Crippen molar-refractivity contribution in [1.29, 1.82) is 0 Å². The van der Waals surface area contributed by atoms with Crippen molar-refractivity contribution >= 4 is 7.85 Å². The third-order valence-electron chi connectivity index (χ3n) is 2.15. The van der Waals surface area contributed by atoms with Gasteiger partial charge < -0.3 is 0 Å². The number of rotatable bonds is 0. The molecule has 0 nitrogen and oxygen atoms in total. The zero-order valence-corrected chi connectivity index (χ0v) is 6.10. The van der Waals surface area contributed by atoms with Crippen molar-refractivity contribution < 1.29 is 0 Å². The molecule has 0 amide bonds. The average molecular weight is 122 g/mol. The van der Waals surface area contributed by atoms with Crippen LogP contribution in [0.1, 0.15) is 44.9 Å². The molecule has 1 fully saturated rings. The highest BCUT2D eigenvalue weighted by molar-refractivity contribution is 6.11.